The van der Waals surface area contributed by atoms with Crippen LogP contribution in [0.15, 0.2) is 28.7 Å². The fraction of sp³-hybridized carbons (Fsp3) is 0.538. The number of benzene rings is 1. The van der Waals surface area contributed by atoms with Gasteiger partial charge in [-0.15, -0.1) is 0 Å². The summed E-state index contributed by atoms with van der Waals surface area (Å²) in [4.78, 5) is 0. The first-order valence-electron chi connectivity index (χ1n) is 5.96. The van der Waals surface area contributed by atoms with Crippen LogP contribution in [0.4, 0.5) is 0 Å². The second kappa shape index (κ2) is 6.66. The molecule has 1 saturated heterocycles. The van der Waals surface area contributed by atoms with Gasteiger partial charge in [-0.25, -0.2) is 0 Å². The molecule has 1 fully saturated rings. The smallest absolute Gasteiger partial charge is 0.119 e. The Morgan fingerprint density at radius 3 is 2.76 bits per heavy atom. The third-order valence-electron chi connectivity index (χ3n) is 3.21. The van der Waals surface area contributed by atoms with Crippen LogP contribution in [0.5, 0.6) is 5.75 Å². The summed E-state index contributed by atoms with van der Waals surface area (Å²) in [7, 11) is 0. The largest absolute Gasteiger partial charge is 0.493 e. The first kappa shape index (κ1) is 13.2. The van der Waals surface area contributed by atoms with Crippen LogP contribution >= 0.6 is 27.7 Å². The van der Waals surface area contributed by atoms with Crippen molar-refractivity contribution in [3.8, 4) is 5.75 Å². The highest BCUT2D eigenvalue weighted by atomic mass is 79.9. The van der Waals surface area contributed by atoms with Gasteiger partial charge >= 0.3 is 0 Å². The molecule has 2 unspecified atom stereocenters. The van der Waals surface area contributed by atoms with Crippen molar-refractivity contribution in [3.63, 3.8) is 0 Å². The molecule has 2 nitrogen and oxygen atoms in total. The zero-order valence-electron chi connectivity index (χ0n) is 9.77. The lowest BCUT2D eigenvalue weighted by Crippen LogP contribution is -2.29. The van der Waals surface area contributed by atoms with E-state index in [1.807, 2.05) is 36.0 Å². The molecule has 1 heterocycles. The van der Waals surface area contributed by atoms with Crippen LogP contribution in [0.2, 0.25) is 0 Å². The fourth-order valence-corrected chi connectivity index (χ4v) is 3.70. The monoisotopic (exact) mass is 315 g/mol. The summed E-state index contributed by atoms with van der Waals surface area (Å²) >= 11 is 5.45. The number of nitrogens with two attached hydrogens (primary N) is 1. The average Bonchev–Trinajstić information content (AvgIpc) is 2.86. The van der Waals surface area contributed by atoms with Crippen molar-refractivity contribution in [2.75, 3.05) is 24.7 Å². The molecular weight excluding hydrogens is 298 g/mol. The highest BCUT2D eigenvalue weighted by molar-refractivity contribution is 9.10. The Hall–Kier alpha value is -0.190. The van der Waals surface area contributed by atoms with Gasteiger partial charge in [-0.3, -0.25) is 0 Å². The van der Waals surface area contributed by atoms with Crippen LogP contribution in [0.1, 0.15) is 6.42 Å². The van der Waals surface area contributed by atoms with Gasteiger partial charge in [-0.2, -0.15) is 11.8 Å². The summed E-state index contributed by atoms with van der Waals surface area (Å²) in [5, 5.41) is 0. The predicted molar refractivity (Wildman–Crippen MR) is 77.6 cm³/mol. The zero-order chi connectivity index (χ0) is 12.1. The Morgan fingerprint density at radius 2 is 2.18 bits per heavy atom. The molecule has 4 heteroatoms. The second-order valence-corrected chi connectivity index (χ2v) is 6.45. The summed E-state index contributed by atoms with van der Waals surface area (Å²) in [6.07, 6.45) is 1.29. The minimum absolute atomic E-state index is 0.494. The molecule has 0 radical (unpaired) electrons. The molecule has 2 atom stereocenters. The second-order valence-electron chi connectivity index (χ2n) is 4.38. The van der Waals surface area contributed by atoms with Crippen LogP contribution in [0.25, 0.3) is 0 Å². The minimum Gasteiger partial charge on any atom is -0.493 e. The predicted octanol–water partition coefficient (Wildman–Crippen LogP) is 3.16. The first-order chi connectivity index (χ1) is 8.29. The van der Waals surface area contributed by atoms with Crippen molar-refractivity contribution in [2.45, 2.75) is 6.42 Å². The van der Waals surface area contributed by atoms with Gasteiger partial charge in [0.25, 0.3) is 0 Å². The van der Waals surface area contributed by atoms with Gasteiger partial charge in [0.1, 0.15) is 5.75 Å². The first-order valence-corrected chi connectivity index (χ1v) is 7.90. The zero-order valence-corrected chi connectivity index (χ0v) is 12.2. The number of halogens is 1. The third-order valence-corrected chi connectivity index (χ3v) is 4.93. The Balaban J connectivity index is 1.84. The number of hydrogen-bond acceptors (Lipinski definition) is 3. The van der Waals surface area contributed by atoms with Gasteiger partial charge in [0.15, 0.2) is 0 Å². The van der Waals surface area contributed by atoms with Gasteiger partial charge in [0.05, 0.1) is 6.61 Å². The SMILES string of the molecule is NCC(COc1ccc(Br)cc1)C1CCSC1. The molecule has 0 aromatic heterocycles. The maximum absolute atomic E-state index is 5.84. The van der Waals surface area contributed by atoms with Crippen molar-refractivity contribution in [1.82, 2.24) is 0 Å². The van der Waals surface area contributed by atoms with E-state index in [4.69, 9.17) is 10.5 Å². The van der Waals surface area contributed by atoms with E-state index in [9.17, 15) is 0 Å². The molecular formula is C13H18BrNOS. The summed E-state index contributed by atoms with van der Waals surface area (Å²) in [6, 6.07) is 7.97. The molecule has 2 rings (SSSR count). The Bertz CT molecular complexity index is 338. The topological polar surface area (TPSA) is 35.2 Å². The molecule has 0 bridgehead atoms. The summed E-state index contributed by atoms with van der Waals surface area (Å²) in [5.74, 6) is 4.68. The van der Waals surface area contributed by atoms with E-state index < -0.39 is 0 Å². The third kappa shape index (κ3) is 3.90. The lowest BCUT2D eigenvalue weighted by atomic mass is 9.93. The normalized spacial score (nSPS) is 21.4. The summed E-state index contributed by atoms with van der Waals surface area (Å²) < 4.78 is 6.89. The van der Waals surface area contributed by atoms with E-state index in [1.54, 1.807) is 0 Å². The molecule has 1 aromatic rings. The molecule has 0 spiro atoms. The van der Waals surface area contributed by atoms with E-state index in [0.717, 1.165) is 29.3 Å². The van der Waals surface area contributed by atoms with Crippen molar-refractivity contribution >= 4 is 27.7 Å². The summed E-state index contributed by atoms with van der Waals surface area (Å²) in [5.41, 5.74) is 5.84. The highest BCUT2D eigenvalue weighted by Crippen LogP contribution is 2.30. The molecule has 0 aliphatic carbocycles. The van der Waals surface area contributed by atoms with E-state index in [2.05, 4.69) is 15.9 Å². The van der Waals surface area contributed by atoms with Crippen molar-refractivity contribution in [2.24, 2.45) is 17.6 Å². The van der Waals surface area contributed by atoms with Gasteiger partial charge in [0, 0.05) is 10.4 Å². The van der Waals surface area contributed by atoms with Crippen LogP contribution in [0, 0.1) is 11.8 Å². The highest BCUT2D eigenvalue weighted by Gasteiger charge is 2.24. The molecule has 1 aromatic carbocycles. The average molecular weight is 316 g/mol. The van der Waals surface area contributed by atoms with Crippen molar-refractivity contribution < 1.29 is 4.74 Å². The lowest BCUT2D eigenvalue weighted by Gasteiger charge is -2.21. The van der Waals surface area contributed by atoms with Crippen molar-refractivity contribution in [1.29, 1.82) is 0 Å². The number of hydrogen-bond donors (Lipinski definition) is 1. The Kier molecular flexibility index (Phi) is 5.19. The number of thioether (sulfide) groups is 1. The maximum atomic E-state index is 5.84. The lowest BCUT2D eigenvalue weighted by molar-refractivity contribution is 0.209. The van der Waals surface area contributed by atoms with E-state index in [1.165, 1.54) is 17.9 Å². The standard InChI is InChI=1S/C13H18BrNOS/c14-12-1-3-13(4-2-12)16-8-11(7-15)10-5-6-17-9-10/h1-4,10-11H,5-9,15H2. The van der Waals surface area contributed by atoms with Crippen LogP contribution in [-0.2, 0) is 0 Å². The quantitative estimate of drug-likeness (QED) is 0.906. The van der Waals surface area contributed by atoms with E-state index in [0.29, 0.717) is 5.92 Å². The minimum atomic E-state index is 0.494. The Morgan fingerprint density at radius 1 is 1.41 bits per heavy atom. The van der Waals surface area contributed by atoms with Gasteiger partial charge in [-0.1, -0.05) is 15.9 Å². The Labute approximate surface area is 115 Å². The number of ether oxygens (including phenoxy) is 1. The van der Waals surface area contributed by atoms with Gasteiger partial charge in [-0.05, 0) is 54.7 Å². The molecule has 2 N–H and O–H groups in total. The molecule has 1 aliphatic rings. The molecule has 0 saturated carbocycles. The number of rotatable bonds is 5. The van der Waals surface area contributed by atoms with E-state index >= 15 is 0 Å². The molecule has 1 aliphatic heterocycles. The maximum Gasteiger partial charge on any atom is 0.119 e. The molecule has 0 amide bonds. The molecule has 17 heavy (non-hydrogen) atoms. The fourth-order valence-electron chi connectivity index (χ4n) is 2.06. The van der Waals surface area contributed by atoms with Gasteiger partial charge < -0.3 is 10.5 Å². The molecule has 94 valence electrons. The van der Waals surface area contributed by atoms with Crippen molar-refractivity contribution in [3.05, 3.63) is 28.7 Å². The summed E-state index contributed by atoms with van der Waals surface area (Å²) in [6.45, 7) is 1.46. The van der Waals surface area contributed by atoms with E-state index in [-0.39, 0.29) is 0 Å². The van der Waals surface area contributed by atoms with Gasteiger partial charge in [0.2, 0.25) is 0 Å². The van der Waals surface area contributed by atoms with Crippen LogP contribution in [-0.4, -0.2) is 24.7 Å². The van der Waals surface area contributed by atoms with Crippen LogP contribution in [0.3, 0.4) is 0 Å². The van der Waals surface area contributed by atoms with Crippen LogP contribution < -0.4 is 10.5 Å².